The molecule has 0 bridgehead atoms. The molecule has 0 saturated carbocycles. The zero-order valence-corrected chi connectivity index (χ0v) is 9.79. The summed E-state index contributed by atoms with van der Waals surface area (Å²) in [6.07, 6.45) is 3.91. The van der Waals surface area contributed by atoms with Crippen LogP contribution in [0.5, 0.6) is 0 Å². The second-order valence-electron chi connectivity index (χ2n) is 4.16. The number of hydrogen-bond acceptors (Lipinski definition) is 3. The third-order valence-corrected chi connectivity index (χ3v) is 2.94. The maximum absolute atomic E-state index is 11.1. The minimum Gasteiger partial charge on any atom is -0.375 e. The number of likely N-dealkylation sites (tertiary alicyclic amines) is 1. The summed E-state index contributed by atoms with van der Waals surface area (Å²) in [5.41, 5.74) is 0. The van der Waals surface area contributed by atoms with Crippen molar-refractivity contribution in [1.82, 2.24) is 10.2 Å². The van der Waals surface area contributed by atoms with Crippen LogP contribution < -0.4 is 5.32 Å². The smallest absolute Gasteiger partial charge is 0.246 e. The van der Waals surface area contributed by atoms with Gasteiger partial charge in [0.25, 0.3) is 0 Å². The molecule has 0 aromatic heterocycles. The summed E-state index contributed by atoms with van der Waals surface area (Å²) < 4.78 is 4.74. The van der Waals surface area contributed by atoms with E-state index in [2.05, 4.69) is 17.1 Å². The highest BCUT2D eigenvalue weighted by molar-refractivity contribution is 5.77. The van der Waals surface area contributed by atoms with Crippen molar-refractivity contribution in [3.05, 3.63) is 0 Å². The van der Waals surface area contributed by atoms with Gasteiger partial charge in [-0.1, -0.05) is 6.42 Å². The zero-order chi connectivity index (χ0) is 11.1. The SMILES string of the molecule is COCC(=O)NCCN1CCCC[C@H]1C. The van der Waals surface area contributed by atoms with Crippen molar-refractivity contribution in [2.45, 2.75) is 32.2 Å². The number of carbonyl (C=O) groups is 1. The molecule has 1 fully saturated rings. The summed E-state index contributed by atoms with van der Waals surface area (Å²) >= 11 is 0. The van der Waals surface area contributed by atoms with Gasteiger partial charge in [0.15, 0.2) is 0 Å². The molecule has 1 aliphatic heterocycles. The Balaban J connectivity index is 2.10. The lowest BCUT2D eigenvalue weighted by atomic mass is 10.0. The Labute approximate surface area is 92.0 Å². The molecule has 4 nitrogen and oxygen atoms in total. The van der Waals surface area contributed by atoms with Crippen LogP contribution in [-0.4, -0.2) is 50.2 Å². The van der Waals surface area contributed by atoms with Gasteiger partial charge in [0.2, 0.25) is 5.91 Å². The highest BCUT2D eigenvalue weighted by Gasteiger charge is 2.17. The normalized spacial score (nSPS) is 22.7. The molecule has 1 N–H and O–H groups in total. The monoisotopic (exact) mass is 214 g/mol. The van der Waals surface area contributed by atoms with Crippen molar-refractivity contribution in [1.29, 1.82) is 0 Å². The Morgan fingerprint density at radius 3 is 3.00 bits per heavy atom. The molecule has 0 unspecified atom stereocenters. The summed E-state index contributed by atoms with van der Waals surface area (Å²) in [6.45, 7) is 5.27. The second kappa shape index (κ2) is 6.80. The Morgan fingerprint density at radius 1 is 1.53 bits per heavy atom. The molecule has 1 saturated heterocycles. The van der Waals surface area contributed by atoms with Gasteiger partial charge in [-0.3, -0.25) is 9.69 Å². The van der Waals surface area contributed by atoms with E-state index >= 15 is 0 Å². The summed E-state index contributed by atoms with van der Waals surface area (Å²) in [4.78, 5) is 13.6. The number of carbonyl (C=O) groups excluding carboxylic acids is 1. The van der Waals surface area contributed by atoms with E-state index in [4.69, 9.17) is 4.74 Å². The van der Waals surface area contributed by atoms with Crippen molar-refractivity contribution < 1.29 is 9.53 Å². The molecule has 88 valence electrons. The van der Waals surface area contributed by atoms with Crippen LogP contribution in [0.3, 0.4) is 0 Å². The third-order valence-electron chi connectivity index (χ3n) is 2.94. The highest BCUT2D eigenvalue weighted by Crippen LogP contribution is 2.15. The Morgan fingerprint density at radius 2 is 2.33 bits per heavy atom. The molecule has 0 aromatic rings. The summed E-state index contributed by atoms with van der Waals surface area (Å²) in [6, 6.07) is 0.665. The predicted molar refractivity (Wildman–Crippen MR) is 59.8 cm³/mol. The lowest BCUT2D eigenvalue weighted by molar-refractivity contribution is -0.124. The number of nitrogens with zero attached hydrogens (tertiary/aromatic N) is 1. The Kier molecular flexibility index (Phi) is 5.65. The topological polar surface area (TPSA) is 41.6 Å². The molecular formula is C11H22N2O2. The molecular weight excluding hydrogens is 192 g/mol. The fraction of sp³-hybridized carbons (Fsp3) is 0.909. The standard InChI is InChI=1S/C11H22N2O2/c1-10-5-3-4-7-13(10)8-6-12-11(14)9-15-2/h10H,3-9H2,1-2H3,(H,12,14)/t10-/m1/s1. The van der Waals surface area contributed by atoms with E-state index in [1.807, 2.05) is 0 Å². The van der Waals surface area contributed by atoms with E-state index in [1.54, 1.807) is 0 Å². The largest absolute Gasteiger partial charge is 0.375 e. The van der Waals surface area contributed by atoms with Crippen LogP contribution in [0.4, 0.5) is 0 Å². The maximum atomic E-state index is 11.1. The van der Waals surface area contributed by atoms with Crippen LogP contribution in [0.25, 0.3) is 0 Å². The van der Waals surface area contributed by atoms with E-state index in [0.29, 0.717) is 6.04 Å². The number of nitrogens with one attached hydrogen (secondary N) is 1. The fourth-order valence-corrected chi connectivity index (χ4v) is 2.01. The summed E-state index contributed by atoms with van der Waals surface area (Å²) in [5.74, 6) is -0.0258. The van der Waals surface area contributed by atoms with Gasteiger partial charge < -0.3 is 10.1 Å². The molecule has 1 atom stereocenters. The minimum absolute atomic E-state index is 0.0258. The summed E-state index contributed by atoms with van der Waals surface area (Å²) in [7, 11) is 1.53. The number of ether oxygens (including phenoxy) is 1. The van der Waals surface area contributed by atoms with Crippen molar-refractivity contribution in [3.63, 3.8) is 0 Å². The van der Waals surface area contributed by atoms with E-state index < -0.39 is 0 Å². The third kappa shape index (κ3) is 4.62. The van der Waals surface area contributed by atoms with Crippen LogP contribution in [0, 0.1) is 0 Å². The van der Waals surface area contributed by atoms with Crippen LogP contribution in [0.1, 0.15) is 26.2 Å². The number of amides is 1. The van der Waals surface area contributed by atoms with E-state index in [1.165, 1.54) is 32.9 Å². The number of methoxy groups -OCH3 is 1. The first kappa shape index (κ1) is 12.5. The molecule has 0 aliphatic carbocycles. The fourth-order valence-electron chi connectivity index (χ4n) is 2.01. The molecule has 1 rings (SSSR count). The maximum Gasteiger partial charge on any atom is 0.246 e. The van der Waals surface area contributed by atoms with Gasteiger partial charge in [-0.15, -0.1) is 0 Å². The number of rotatable bonds is 5. The van der Waals surface area contributed by atoms with Gasteiger partial charge in [0, 0.05) is 26.2 Å². The van der Waals surface area contributed by atoms with Crippen molar-refractivity contribution in [2.24, 2.45) is 0 Å². The van der Waals surface area contributed by atoms with Gasteiger partial charge in [-0.25, -0.2) is 0 Å². The number of piperidine rings is 1. The second-order valence-corrected chi connectivity index (χ2v) is 4.16. The molecule has 0 spiro atoms. The molecule has 1 amide bonds. The molecule has 4 heteroatoms. The Bertz CT molecular complexity index is 197. The first-order valence-corrected chi connectivity index (χ1v) is 5.73. The molecule has 1 heterocycles. The lowest BCUT2D eigenvalue weighted by Crippen LogP contribution is -2.42. The van der Waals surface area contributed by atoms with Crippen molar-refractivity contribution in [3.8, 4) is 0 Å². The van der Waals surface area contributed by atoms with E-state index in [-0.39, 0.29) is 12.5 Å². The molecule has 0 radical (unpaired) electrons. The zero-order valence-electron chi connectivity index (χ0n) is 9.79. The van der Waals surface area contributed by atoms with Crippen LogP contribution >= 0.6 is 0 Å². The molecule has 1 aliphatic rings. The van der Waals surface area contributed by atoms with Crippen molar-refractivity contribution in [2.75, 3.05) is 33.4 Å². The van der Waals surface area contributed by atoms with E-state index in [9.17, 15) is 4.79 Å². The van der Waals surface area contributed by atoms with Gasteiger partial charge in [-0.2, -0.15) is 0 Å². The van der Waals surface area contributed by atoms with E-state index in [0.717, 1.165) is 13.1 Å². The Hall–Kier alpha value is -0.610. The van der Waals surface area contributed by atoms with Crippen LogP contribution in [0.15, 0.2) is 0 Å². The average Bonchev–Trinajstić information content (AvgIpc) is 2.21. The van der Waals surface area contributed by atoms with Crippen LogP contribution in [0.2, 0.25) is 0 Å². The molecule has 15 heavy (non-hydrogen) atoms. The first-order valence-electron chi connectivity index (χ1n) is 5.73. The van der Waals surface area contributed by atoms with Gasteiger partial charge >= 0.3 is 0 Å². The first-order chi connectivity index (χ1) is 7.24. The highest BCUT2D eigenvalue weighted by atomic mass is 16.5. The average molecular weight is 214 g/mol. The van der Waals surface area contributed by atoms with Crippen molar-refractivity contribution >= 4 is 5.91 Å². The van der Waals surface area contributed by atoms with Gasteiger partial charge in [0.05, 0.1) is 0 Å². The molecule has 0 aromatic carbocycles. The summed E-state index contributed by atoms with van der Waals surface area (Å²) in [5, 5.41) is 2.85. The van der Waals surface area contributed by atoms with Crippen LogP contribution in [-0.2, 0) is 9.53 Å². The lowest BCUT2D eigenvalue weighted by Gasteiger charge is -2.33. The quantitative estimate of drug-likeness (QED) is 0.729. The predicted octanol–water partition coefficient (Wildman–Crippen LogP) is 0.623. The minimum atomic E-state index is -0.0258. The van der Waals surface area contributed by atoms with Gasteiger partial charge in [0.1, 0.15) is 6.61 Å². The number of hydrogen-bond donors (Lipinski definition) is 1. The van der Waals surface area contributed by atoms with Gasteiger partial charge in [-0.05, 0) is 26.3 Å².